The summed E-state index contributed by atoms with van der Waals surface area (Å²) in [5.74, 6) is -0.0252. The van der Waals surface area contributed by atoms with Gasteiger partial charge < -0.3 is 5.32 Å². The maximum Gasteiger partial charge on any atom is 0.237 e. The maximum atomic E-state index is 12.2. The first kappa shape index (κ1) is 16.5. The number of amides is 1. The van der Waals surface area contributed by atoms with Gasteiger partial charge in [-0.25, -0.2) is 0 Å². The molecule has 0 aliphatic rings. The van der Waals surface area contributed by atoms with Crippen molar-refractivity contribution in [1.82, 2.24) is 10.6 Å². The molecule has 22 heavy (non-hydrogen) atoms. The Morgan fingerprint density at radius 1 is 1.05 bits per heavy atom. The minimum Gasteiger partial charge on any atom is -0.351 e. The zero-order chi connectivity index (χ0) is 15.9. The molecule has 2 rings (SSSR count). The number of carbonyl (C=O) groups excluding carboxylic acids is 1. The van der Waals surface area contributed by atoms with Crippen LogP contribution in [0.3, 0.4) is 0 Å². The molecule has 0 aliphatic carbocycles. The van der Waals surface area contributed by atoms with Crippen LogP contribution in [-0.2, 0) is 11.3 Å². The zero-order valence-electron chi connectivity index (χ0n) is 12.8. The van der Waals surface area contributed by atoms with Gasteiger partial charge in [0, 0.05) is 17.6 Å². The first-order valence-corrected chi connectivity index (χ1v) is 7.78. The standard InChI is InChI=1S/C18H21ClN2O/c1-13(16-10-6-7-11-17(16)19)21-14(2)18(22)20-12-15-8-4-3-5-9-15/h3-11,13-14,21H,12H2,1-2H3,(H,20,22)/t13-,14-/m1/s1. The van der Waals surface area contributed by atoms with E-state index in [9.17, 15) is 4.79 Å². The van der Waals surface area contributed by atoms with Crippen molar-refractivity contribution in [2.24, 2.45) is 0 Å². The molecule has 2 aromatic carbocycles. The molecule has 1 amide bonds. The van der Waals surface area contributed by atoms with Crippen LogP contribution in [0.25, 0.3) is 0 Å². The van der Waals surface area contributed by atoms with Crippen molar-refractivity contribution in [3.8, 4) is 0 Å². The lowest BCUT2D eigenvalue weighted by molar-refractivity contribution is -0.123. The lowest BCUT2D eigenvalue weighted by Crippen LogP contribution is -2.42. The van der Waals surface area contributed by atoms with Crippen LogP contribution in [0.4, 0.5) is 0 Å². The second kappa shape index (κ2) is 7.97. The van der Waals surface area contributed by atoms with E-state index in [1.165, 1.54) is 0 Å². The molecule has 0 fully saturated rings. The highest BCUT2D eigenvalue weighted by Crippen LogP contribution is 2.22. The molecule has 0 radical (unpaired) electrons. The summed E-state index contributed by atoms with van der Waals surface area (Å²) in [4.78, 5) is 12.2. The first-order valence-electron chi connectivity index (χ1n) is 7.40. The Hall–Kier alpha value is -1.84. The van der Waals surface area contributed by atoms with Crippen molar-refractivity contribution in [1.29, 1.82) is 0 Å². The minimum absolute atomic E-state index is 0.00572. The third kappa shape index (κ3) is 4.58. The third-order valence-corrected chi connectivity index (χ3v) is 3.92. The minimum atomic E-state index is -0.296. The van der Waals surface area contributed by atoms with E-state index >= 15 is 0 Å². The molecule has 116 valence electrons. The van der Waals surface area contributed by atoms with Crippen molar-refractivity contribution in [3.63, 3.8) is 0 Å². The van der Waals surface area contributed by atoms with E-state index in [0.29, 0.717) is 11.6 Å². The number of carbonyl (C=O) groups is 1. The van der Waals surface area contributed by atoms with Crippen LogP contribution in [-0.4, -0.2) is 11.9 Å². The summed E-state index contributed by atoms with van der Waals surface area (Å²) < 4.78 is 0. The quantitative estimate of drug-likeness (QED) is 0.853. The van der Waals surface area contributed by atoms with Crippen LogP contribution >= 0.6 is 11.6 Å². The molecule has 0 unspecified atom stereocenters. The van der Waals surface area contributed by atoms with Gasteiger partial charge in [0.25, 0.3) is 0 Å². The largest absolute Gasteiger partial charge is 0.351 e. The van der Waals surface area contributed by atoms with Crippen LogP contribution in [0, 0.1) is 0 Å². The normalized spacial score (nSPS) is 13.4. The lowest BCUT2D eigenvalue weighted by Gasteiger charge is -2.20. The van der Waals surface area contributed by atoms with Gasteiger partial charge in [0.1, 0.15) is 0 Å². The van der Waals surface area contributed by atoms with Gasteiger partial charge in [-0.15, -0.1) is 0 Å². The molecule has 2 aromatic rings. The lowest BCUT2D eigenvalue weighted by atomic mass is 10.1. The number of rotatable bonds is 6. The number of hydrogen-bond donors (Lipinski definition) is 2. The molecule has 0 bridgehead atoms. The highest BCUT2D eigenvalue weighted by atomic mass is 35.5. The number of hydrogen-bond acceptors (Lipinski definition) is 2. The van der Waals surface area contributed by atoms with Crippen LogP contribution in [0.15, 0.2) is 54.6 Å². The van der Waals surface area contributed by atoms with Crippen molar-refractivity contribution >= 4 is 17.5 Å². The summed E-state index contributed by atoms with van der Waals surface area (Å²) in [6.07, 6.45) is 0. The van der Waals surface area contributed by atoms with Gasteiger partial charge in [0.2, 0.25) is 5.91 Å². The molecular weight excluding hydrogens is 296 g/mol. The van der Waals surface area contributed by atoms with E-state index in [0.717, 1.165) is 11.1 Å². The van der Waals surface area contributed by atoms with Gasteiger partial charge in [-0.1, -0.05) is 60.1 Å². The van der Waals surface area contributed by atoms with Crippen LogP contribution in [0.2, 0.25) is 5.02 Å². The highest BCUT2D eigenvalue weighted by molar-refractivity contribution is 6.31. The van der Waals surface area contributed by atoms with Crippen molar-refractivity contribution in [2.75, 3.05) is 0 Å². The second-order valence-corrected chi connectivity index (χ2v) is 5.74. The summed E-state index contributed by atoms with van der Waals surface area (Å²) in [6.45, 7) is 4.39. The number of halogens is 1. The highest BCUT2D eigenvalue weighted by Gasteiger charge is 2.17. The van der Waals surface area contributed by atoms with Gasteiger partial charge in [0.15, 0.2) is 0 Å². The van der Waals surface area contributed by atoms with Crippen molar-refractivity contribution in [3.05, 3.63) is 70.7 Å². The molecule has 0 aromatic heterocycles. The van der Waals surface area contributed by atoms with Crippen LogP contribution in [0.1, 0.15) is 31.0 Å². The van der Waals surface area contributed by atoms with Crippen LogP contribution in [0.5, 0.6) is 0 Å². The van der Waals surface area contributed by atoms with Gasteiger partial charge in [0.05, 0.1) is 6.04 Å². The SMILES string of the molecule is C[C@@H](N[C@H](C)c1ccccc1Cl)C(=O)NCc1ccccc1. The Morgan fingerprint density at radius 2 is 1.68 bits per heavy atom. The van der Waals surface area contributed by atoms with Crippen molar-refractivity contribution < 1.29 is 4.79 Å². The predicted octanol–water partition coefficient (Wildman–Crippen LogP) is 3.70. The molecule has 3 nitrogen and oxygen atoms in total. The fourth-order valence-corrected chi connectivity index (χ4v) is 2.60. The molecule has 4 heteroatoms. The fourth-order valence-electron chi connectivity index (χ4n) is 2.30. The second-order valence-electron chi connectivity index (χ2n) is 5.33. The Labute approximate surface area is 136 Å². The molecule has 2 N–H and O–H groups in total. The summed E-state index contributed by atoms with van der Waals surface area (Å²) in [5.41, 5.74) is 2.08. The van der Waals surface area contributed by atoms with E-state index in [2.05, 4.69) is 10.6 Å². The number of benzene rings is 2. The molecule has 0 saturated carbocycles. The van der Waals surface area contributed by atoms with Gasteiger partial charge in [-0.2, -0.15) is 0 Å². The summed E-state index contributed by atoms with van der Waals surface area (Å²) in [7, 11) is 0. The summed E-state index contributed by atoms with van der Waals surface area (Å²) >= 11 is 6.18. The summed E-state index contributed by atoms with van der Waals surface area (Å²) in [6, 6.07) is 17.2. The zero-order valence-corrected chi connectivity index (χ0v) is 13.6. The van der Waals surface area contributed by atoms with E-state index < -0.39 is 0 Å². The first-order chi connectivity index (χ1) is 10.6. The van der Waals surface area contributed by atoms with E-state index in [4.69, 9.17) is 11.6 Å². The third-order valence-electron chi connectivity index (χ3n) is 3.57. The average molecular weight is 317 g/mol. The summed E-state index contributed by atoms with van der Waals surface area (Å²) in [5, 5.41) is 6.92. The number of nitrogens with one attached hydrogen (secondary N) is 2. The maximum absolute atomic E-state index is 12.2. The van der Waals surface area contributed by atoms with Gasteiger partial charge >= 0.3 is 0 Å². The molecule has 0 aliphatic heterocycles. The van der Waals surface area contributed by atoms with E-state index in [-0.39, 0.29) is 18.0 Å². The molecule has 0 spiro atoms. The Morgan fingerprint density at radius 3 is 2.36 bits per heavy atom. The topological polar surface area (TPSA) is 41.1 Å². The Balaban J connectivity index is 1.87. The Kier molecular flexibility index (Phi) is 5.99. The van der Waals surface area contributed by atoms with Crippen LogP contribution < -0.4 is 10.6 Å². The molecule has 0 saturated heterocycles. The predicted molar refractivity (Wildman–Crippen MR) is 90.8 cm³/mol. The molecular formula is C18H21ClN2O. The van der Waals surface area contributed by atoms with Gasteiger partial charge in [-0.05, 0) is 31.0 Å². The monoisotopic (exact) mass is 316 g/mol. The van der Waals surface area contributed by atoms with E-state index in [1.54, 1.807) is 0 Å². The fraction of sp³-hybridized carbons (Fsp3) is 0.278. The van der Waals surface area contributed by atoms with Crippen molar-refractivity contribution in [2.45, 2.75) is 32.5 Å². The molecule has 2 atom stereocenters. The average Bonchev–Trinajstić information content (AvgIpc) is 2.53. The van der Waals surface area contributed by atoms with E-state index in [1.807, 2.05) is 68.4 Å². The Bertz CT molecular complexity index is 615. The smallest absolute Gasteiger partial charge is 0.237 e. The molecule has 0 heterocycles. The van der Waals surface area contributed by atoms with Gasteiger partial charge in [-0.3, -0.25) is 10.1 Å².